The number of aromatic nitrogens is 3. The van der Waals surface area contributed by atoms with Gasteiger partial charge in [0.05, 0.1) is 22.4 Å². The molecule has 1 aromatic carbocycles. The van der Waals surface area contributed by atoms with Gasteiger partial charge in [-0.25, -0.2) is 15.0 Å². The summed E-state index contributed by atoms with van der Waals surface area (Å²) in [5, 5.41) is 4.87. The molecule has 4 aromatic rings. The Morgan fingerprint density at radius 2 is 1.91 bits per heavy atom. The Bertz CT molecular complexity index is 1360. The second-order valence-electron chi connectivity index (χ2n) is 10.6. The minimum absolute atomic E-state index is 0.197. The zero-order chi connectivity index (χ0) is 24.0. The minimum atomic E-state index is -0.197. The second kappa shape index (κ2) is 9.03. The number of fused-ring (bicyclic) bond motifs is 5. The summed E-state index contributed by atoms with van der Waals surface area (Å²) in [4.78, 5) is 18.2. The number of nitrogens with one attached hydrogen (secondary N) is 1. The van der Waals surface area contributed by atoms with Crippen LogP contribution >= 0.6 is 11.3 Å². The Morgan fingerprint density at radius 1 is 1.11 bits per heavy atom. The van der Waals surface area contributed by atoms with Gasteiger partial charge in [0, 0.05) is 36.5 Å². The van der Waals surface area contributed by atoms with Crippen molar-refractivity contribution in [2.24, 2.45) is 0 Å². The fourth-order valence-corrected chi connectivity index (χ4v) is 6.52. The van der Waals surface area contributed by atoms with Crippen molar-refractivity contribution in [3.8, 4) is 0 Å². The molecule has 1 N–H and O–H groups in total. The van der Waals surface area contributed by atoms with Crippen LogP contribution in [0.1, 0.15) is 56.7 Å². The summed E-state index contributed by atoms with van der Waals surface area (Å²) < 4.78 is 7.36. The predicted octanol–water partition coefficient (Wildman–Crippen LogP) is 6.12. The molecule has 1 saturated heterocycles. The van der Waals surface area contributed by atoms with Crippen molar-refractivity contribution >= 4 is 43.4 Å². The maximum Gasteiger partial charge on any atom is 0.147 e. The van der Waals surface area contributed by atoms with Crippen LogP contribution in [0.2, 0.25) is 0 Å². The van der Waals surface area contributed by atoms with Crippen LogP contribution in [-0.4, -0.2) is 39.7 Å². The molecule has 6 nitrogen and oxygen atoms in total. The molecule has 0 amide bonds. The fraction of sp³-hybridized carbons (Fsp3) is 0.464. The van der Waals surface area contributed by atoms with Gasteiger partial charge in [-0.05, 0) is 57.6 Å². The van der Waals surface area contributed by atoms with Crippen molar-refractivity contribution in [3.05, 3.63) is 53.3 Å². The maximum absolute atomic E-state index is 6.26. The van der Waals surface area contributed by atoms with Crippen molar-refractivity contribution in [1.82, 2.24) is 15.0 Å². The quantitative estimate of drug-likeness (QED) is 0.353. The average molecular weight is 488 g/mol. The van der Waals surface area contributed by atoms with Gasteiger partial charge in [0.2, 0.25) is 0 Å². The van der Waals surface area contributed by atoms with Gasteiger partial charge in [0.25, 0.3) is 0 Å². The first kappa shape index (κ1) is 22.7. The van der Waals surface area contributed by atoms with Crippen LogP contribution in [0.25, 0.3) is 20.4 Å². The monoisotopic (exact) mass is 487 g/mol. The third-order valence-electron chi connectivity index (χ3n) is 7.30. The number of nitrogens with zero attached hydrogens (tertiary/aromatic N) is 4. The molecule has 3 aromatic heterocycles. The summed E-state index contributed by atoms with van der Waals surface area (Å²) in [6.07, 6.45) is 7.11. The Labute approximate surface area is 210 Å². The van der Waals surface area contributed by atoms with Crippen molar-refractivity contribution in [2.45, 2.75) is 71.1 Å². The molecule has 0 bridgehead atoms. The molecular weight excluding hydrogens is 454 g/mol. The highest BCUT2D eigenvalue weighted by atomic mass is 32.1. The third-order valence-corrected chi connectivity index (χ3v) is 8.38. The van der Waals surface area contributed by atoms with Gasteiger partial charge in [-0.2, -0.15) is 0 Å². The highest BCUT2D eigenvalue weighted by Gasteiger charge is 2.33. The molecular formula is C28H33N5OS. The lowest BCUT2D eigenvalue weighted by atomic mass is 9.90. The number of hydrogen-bond donors (Lipinski definition) is 1. The molecule has 7 heteroatoms. The third kappa shape index (κ3) is 4.36. The van der Waals surface area contributed by atoms with E-state index < -0.39 is 0 Å². The van der Waals surface area contributed by atoms with Crippen molar-refractivity contribution in [2.75, 3.05) is 23.3 Å². The van der Waals surface area contributed by atoms with E-state index in [0.29, 0.717) is 12.6 Å². The minimum Gasteiger partial charge on any atom is -0.370 e. The van der Waals surface area contributed by atoms with E-state index in [9.17, 15) is 0 Å². The van der Waals surface area contributed by atoms with Gasteiger partial charge in [-0.3, -0.25) is 0 Å². The number of pyridine rings is 1. The SMILES string of the molecule is C[C@@H](CCc1ccccc1)Nc1ncnc2c1sc1nc(N3CCCC3)c3c(c12)CC(C)(C)OC3. The summed E-state index contributed by atoms with van der Waals surface area (Å²) in [6.45, 7) is 9.36. The van der Waals surface area contributed by atoms with Crippen LogP contribution in [0.15, 0.2) is 36.7 Å². The lowest BCUT2D eigenvalue weighted by Gasteiger charge is -2.34. The number of aryl methyl sites for hydroxylation is 1. The smallest absolute Gasteiger partial charge is 0.147 e. The molecule has 2 aliphatic rings. The van der Waals surface area contributed by atoms with E-state index in [0.717, 1.165) is 59.0 Å². The van der Waals surface area contributed by atoms with E-state index in [1.165, 1.54) is 34.9 Å². The molecule has 0 spiro atoms. The highest BCUT2D eigenvalue weighted by Crippen LogP contribution is 2.44. The Hall–Kier alpha value is -2.77. The van der Waals surface area contributed by atoms with E-state index >= 15 is 0 Å². The van der Waals surface area contributed by atoms with E-state index in [1.54, 1.807) is 17.7 Å². The van der Waals surface area contributed by atoms with Crippen LogP contribution < -0.4 is 10.2 Å². The second-order valence-corrected chi connectivity index (χ2v) is 11.6. The first-order valence-electron chi connectivity index (χ1n) is 12.8. The summed E-state index contributed by atoms with van der Waals surface area (Å²) in [7, 11) is 0. The highest BCUT2D eigenvalue weighted by molar-refractivity contribution is 7.26. The van der Waals surface area contributed by atoms with Gasteiger partial charge in [0.15, 0.2) is 0 Å². The predicted molar refractivity (Wildman–Crippen MR) is 145 cm³/mol. The van der Waals surface area contributed by atoms with E-state index in [-0.39, 0.29) is 5.60 Å². The van der Waals surface area contributed by atoms with Crippen LogP contribution in [-0.2, 0) is 24.2 Å². The van der Waals surface area contributed by atoms with Crippen LogP contribution in [0.4, 0.5) is 11.6 Å². The number of anilines is 2. The van der Waals surface area contributed by atoms with Gasteiger partial charge in [-0.15, -0.1) is 11.3 Å². The first-order chi connectivity index (χ1) is 17.0. The fourth-order valence-electron chi connectivity index (χ4n) is 5.42. The number of thiophene rings is 1. The van der Waals surface area contributed by atoms with Crippen LogP contribution in [0.5, 0.6) is 0 Å². The van der Waals surface area contributed by atoms with Gasteiger partial charge in [0.1, 0.15) is 22.8 Å². The van der Waals surface area contributed by atoms with Gasteiger partial charge < -0.3 is 15.0 Å². The van der Waals surface area contributed by atoms with Crippen LogP contribution in [0, 0.1) is 0 Å². The number of benzene rings is 1. The molecule has 182 valence electrons. The Morgan fingerprint density at radius 3 is 2.71 bits per heavy atom. The molecule has 0 unspecified atom stereocenters. The largest absolute Gasteiger partial charge is 0.370 e. The zero-order valence-corrected chi connectivity index (χ0v) is 21.6. The molecule has 1 atom stereocenters. The number of rotatable bonds is 6. The first-order valence-corrected chi connectivity index (χ1v) is 13.6. The molecule has 0 aliphatic carbocycles. The average Bonchev–Trinajstić information content (AvgIpc) is 3.51. The van der Waals surface area contributed by atoms with Gasteiger partial charge >= 0.3 is 0 Å². The van der Waals surface area contributed by atoms with E-state index in [1.807, 2.05) is 0 Å². The van der Waals surface area contributed by atoms with Crippen molar-refractivity contribution in [1.29, 1.82) is 0 Å². The topological polar surface area (TPSA) is 63.2 Å². The lowest BCUT2D eigenvalue weighted by Crippen LogP contribution is -2.33. The standard InChI is InChI=1S/C28H33N5OS/c1-18(11-12-19-9-5-4-6-10-19)31-25-24-23(29-17-30-25)22-20-15-28(2,3)34-16-21(20)26(32-27(22)35-24)33-13-7-8-14-33/h4-6,9-10,17-18H,7-8,11-16H2,1-3H3,(H,29,30,31)/t18-/m0/s1. The summed E-state index contributed by atoms with van der Waals surface area (Å²) in [6, 6.07) is 11.0. The summed E-state index contributed by atoms with van der Waals surface area (Å²) >= 11 is 1.72. The summed E-state index contributed by atoms with van der Waals surface area (Å²) in [5.74, 6) is 2.03. The maximum atomic E-state index is 6.26. The number of ether oxygens (including phenoxy) is 1. The molecule has 6 rings (SSSR count). The molecule has 0 saturated carbocycles. The molecule has 2 aliphatic heterocycles. The molecule has 0 radical (unpaired) electrons. The molecule has 1 fully saturated rings. The van der Waals surface area contributed by atoms with Crippen LogP contribution in [0.3, 0.4) is 0 Å². The molecule has 5 heterocycles. The van der Waals surface area contributed by atoms with Gasteiger partial charge in [-0.1, -0.05) is 30.3 Å². The van der Waals surface area contributed by atoms with Crippen molar-refractivity contribution in [3.63, 3.8) is 0 Å². The van der Waals surface area contributed by atoms with E-state index in [2.05, 4.69) is 66.3 Å². The Balaban J connectivity index is 1.39. The lowest BCUT2D eigenvalue weighted by molar-refractivity contribution is -0.0395. The van der Waals surface area contributed by atoms with E-state index in [4.69, 9.17) is 14.7 Å². The zero-order valence-electron chi connectivity index (χ0n) is 20.8. The number of hydrogen-bond acceptors (Lipinski definition) is 7. The van der Waals surface area contributed by atoms with Crippen molar-refractivity contribution < 1.29 is 4.74 Å². The normalized spacial score (nSPS) is 18.2. The summed E-state index contributed by atoms with van der Waals surface area (Å²) in [5.41, 5.74) is 4.81. The molecule has 35 heavy (non-hydrogen) atoms. The Kier molecular flexibility index (Phi) is 5.85.